The Morgan fingerprint density at radius 1 is 1.40 bits per heavy atom. The lowest BCUT2D eigenvalue weighted by atomic mass is 10.4. The number of hydrogen-bond donors (Lipinski definition) is 1. The summed E-state index contributed by atoms with van der Waals surface area (Å²) in [6.45, 7) is 6.46. The molecule has 1 saturated heterocycles. The van der Waals surface area contributed by atoms with Gasteiger partial charge in [0.25, 0.3) is 5.56 Å². The van der Waals surface area contributed by atoms with Gasteiger partial charge in [0.2, 0.25) is 5.91 Å². The van der Waals surface area contributed by atoms with Gasteiger partial charge in [0.15, 0.2) is 0 Å². The van der Waals surface area contributed by atoms with Crippen molar-refractivity contribution in [2.75, 3.05) is 31.2 Å². The molecule has 0 saturated carbocycles. The van der Waals surface area contributed by atoms with Crippen molar-refractivity contribution in [3.63, 3.8) is 0 Å². The molecule has 1 aliphatic rings. The van der Waals surface area contributed by atoms with E-state index in [0.717, 1.165) is 13.1 Å². The van der Waals surface area contributed by atoms with E-state index in [1.165, 1.54) is 10.7 Å². The Labute approximate surface area is 117 Å². The number of aromatic nitrogens is 2. The monoisotopic (exact) mass is 280 g/mol. The molecular weight excluding hydrogens is 260 g/mol. The lowest BCUT2D eigenvalue weighted by Gasteiger charge is -2.27. The number of nitrogens with one attached hydrogen (secondary N) is 1. The second-order valence-corrected chi connectivity index (χ2v) is 5.01. The molecule has 0 bridgehead atoms. The molecule has 0 unspecified atom stereocenters. The number of amides is 1. The van der Waals surface area contributed by atoms with Gasteiger partial charge in [-0.15, -0.1) is 0 Å². The topological polar surface area (TPSA) is 76.5 Å². The second kappa shape index (κ2) is 6.51. The number of rotatable bonds is 4. The van der Waals surface area contributed by atoms with Crippen molar-refractivity contribution in [2.24, 2.45) is 0 Å². The molecule has 1 aromatic rings. The SMILES string of the molecule is CC(C)NC(=O)Cn1nc(N2CCOCC2)ccc1=O. The lowest BCUT2D eigenvalue weighted by Crippen LogP contribution is -2.40. The van der Waals surface area contributed by atoms with E-state index in [4.69, 9.17) is 4.74 Å². The fourth-order valence-electron chi connectivity index (χ4n) is 2.02. The Hall–Kier alpha value is -1.89. The molecule has 1 aliphatic heterocycles. The zero-order chi connectivity index (χ0) is 14.5. The van der Waals surface area contributed by atoms with Crippen LogP contribution in [0.5, 0.6) is 0 Å². The van der Waals surface area contributed by atoms with E-state index in [-0.39, 0.29) is 24.1 Å². The third-order valence-corrected chi connectivity index (χ3v) is 2.93. The third kappa shape index (κ3) is 3.80. The average molecular weight is 280 g/mol. The van der Waals surface area contributed by atoms with E-state index < -0.39 is 0 Å². The van der Waals surface area contributed by atoms with Gasteiger partial charge in [0.1, 0.15) is 12.4 Å². The van der Waals surface area contributed by atoms with E-state index in [2.05, 4.69) is 10.4 Å². The van der Waals surface area contributed by atoms with Gasteiger partial charge in [-0.1, -0.05) is 0 Å². The van der Waals surface area contributed by atoms with E-state index in [0.29, 0.717) is 19.0 Å². The minimum absolute atomic E-state index is 0.0422. The zero-order valence-electron chi connectivity index (χ0n) is 11.8. The number of hydrogen-bond acceptors (Lipinski definition) is 5. The van der Waals surface area contributed by atoms with Gasteiger partial charge >= 0.3 is 0 Å². The highest BCUT2D eigenvalue weighted by Gasteiger charge is 2.14. The van der Waals surface area contributed by atoms with Gasteiger partial charge in [0, 0.05) is 25.2 Å². The number of nitrogens with zero attached hydrogens (tertiary/aromatic N) is 3. The Morgan fingerprint density at radius 3 is 2.75 bits per heavy atom. The summed E-state index contributed by atoms with van der Waals surface area (Å²) in [6.07, 6.45) is 0. The smallest absolute Gasteiger partial charge is 0.267 e. The highest BCUT2D eigenvalue weighted by atomic mass is 16.5. The van der Waals surface area contributed by atoms with Crippen LogP contribution in [0.15, 0.2) is 16.9 Å². The van der Waals surface area contributed by atoms with E-state index >= 15 is 0 Å². The summed E-state index contributed by atoms with van der Waals surface area (Å²) < 4.78 is 6.48. The predicted molar refractivity (Wildman–Crippen MR) is 74.8 cm³/mol. The summed E-state index contributed by atoms with van der Waals surface area (Å²) in [7, 11) is 0. The molecule has 0 aromatic carbocycles. The first-order chi connectivity index (χ1) is 9.56. The van der Waals surface area contributed by atoms with Gasteiger partial charge in [-0.2, -0.15) is 5.10 Å². The molecule has 20 heavy (non-hydrogen) atoms. The normalized spacial score (nSPS) is 15.4. The molecule has 0 aliphatic carbocycles. The maximum absolute atomic E-state index is 11.8. The van der Waals surface area contributed by atoms with Crippen LogP contribution in [0.1, 0.15) is 13.8 Å². The third-order valence-electron chi connectivity index (χ3n) is 2.93. The van der Waals surface area contributed by atoms with Gasteiger partial charge in [-0.05, 0) is 19.9 Å². The van der Waals surface area contributed by atoms with Crippen LogP contribution in [0.3, 0.4) is 0 Å². The van der Waals surface area contributed by atoms with Crippen molar-refractivity contribution in [2.45, 2.75) is 26.4 Å². The van der Waals surface area contributed by atoms with Crippen LogP contribution in [0.25, 0.3) is 0 Å². The summed E-state index contributed by atoms with van der Waals surface area (Å²) in [5.74, 6) is 0.485. The van der Waals surface area contributed by atoms with Crippen molar-refractivity contribution in [3.8, 4) is 0 Å². The first kappa shape index (κ1) is 14.5. The molecule has 0 spiro atoms. The van der Waals surface area contributed by atoms with Gasteiger partial charge in [0.05, 0.1) is 13.2 Å². The van der Waals surface area contributed by atoms with Crippen molar-refractivity contribution >= 4 is 11.7 Å². The lowest BCUT2D eigenvalue weighted by molar-refractivity contribution is -0.122. The van der Waals surface area contributed by atoms with Crippen LogP contribution in [0.4, 0.5) is 5.82 Å². The number of carbonyl (C=O) groups excluding carboxylic acids is 1. The Morgan fingerprint density at radius 2 is 2.10 bits per heavy atom. The Kier molecular flexibility index (Phi) is 4.73. The molecule has 1 fully saturated rings. The number of anilines is 1. The van der Waals surface area contributed by atoms with Crippen LogP contribution in [0, 0.1) is 0 Å². The van der Waals surface area contributed by atoms with E-state index in [1.807, 2.05) is 18.7 Å². The van der Waals surface area contributed by atoms with Crippen molar-refractivity contribution in [1.29, 1.82) is 0 Å². The first-order valence-corrected chi connectivity index (χ1v) is 6.76. The summed E-state index contributed by atoms with van der Waals surface area (Å²) in [5, 5.41) is 7.00. The van der Waals surface area contributed by atoms with E-state index in [1.54, 1.807) is 6.07 Å². The molecule has 0 radical (unpaired) electrons. The quantitative estimate of drug-likeness (QED) is 0.812. The van der Waals surface area contributed by atoms with Gasteiger partial charge in [-0.25, -0.2) is 4.68 Å². The Bertz CT molecular complexity index is 521. The largest absolute Gasteiger partial charge is 0.378 e. The molecule has 2 heterocycles. The number of carbonyl (C=O) groups is 1. The summed E-state index contributed by atoms with van der Waals surface area (Å²) in [4.78, 5) is 25.5. The fraction of sp³-hybridized carbons (Fsp3) is 0.615. The van der Waals surface area contributed by atoms with E-state index in [9.17, 15) is 9.59 Å². The maximum Gasteiger partial charge on any atom is 0.267 e. The predicted octanol–water partition coefficient (Wildman–Crippen LogP) is -0.395. The van der Waals surface area contributed by atoms with Crippen LogP contribution in [-0.4, -0.2) is 48.0 Å². The Balaban J connectivity index is 2.12. The van der Waals surface area contributed by atoms with Crippen LogP contribution < -0.4 is 15.8 Å². The van der Waals surface area contributed by atoms with Crippen LogP contribution >= 0.6 is 0 Å². The molecule has 1 amide bonds. The molecule has 2 rings (SSSR count). The van der Waals surface area contributed by atoms with Gasteiger partial charge in [-0.3, -0.25) is 9.59 Å². The molecular formula is C13H20N4O3. The minimum atomic E-state index is -0.277. The summed E-state index contributed by atoms with van der Waals surface area (Å²) >= 11 is 0. The van der Waals surface area contributed by atoms with Gasteiger partial charge < -0.3 is 15.0 Å². The fourth-order valence-corrected chi connectivity index (χ4v) is 2.02. The van der Waals surface area contributed by atoms with Crippen LogP contribution in [0.2, 0.25) is 0 Å². The molecule has 1 aromatic heterocycles. The highest BCUT2D eigenvalue weighted by Crippen LogP contribution is 2.09. The first-order valence-electron chi connectivity index (χ1n) is 6.76. The number of morpholine rings is 1. The summed E-state index contributed by atoms with van der Waals surface area (Å²) in [5.41, 5.74) is -0.277. The average Bonchev–Trinajstić information content (AvgIpc) is 2.41. The molecule has 0 atom stereocenters. The molecule has 1 N–H and O–H groups in total. The standard InChI is InChI=1S/C13H20N4O3/c1-10(2)14-12(18)9-17-13(19)4-3-11(15-17)16-5-7-20-8-6-16/h3-4,10H,5-9H2,1-2H3,(H,14,18). The van der Waals surface area contributed by atoms with Crippen molar-refractivity contribution < 1.29 is 9.53 Å². The zero-order valence-corrected chi connectivity index (χ0v) is 11.8. The van der Waals surface area contributed by atoms with Crippen LogP contribution in [-0.2, 0) is 16.1 Å². The minimum Gasteiger partial charge on any atom is -0.378 e. The molecule has 7 heteroatoms. The molecule has 7 nitrogen and oxygen atoms in total. The second-order valence-electron chi connectivity index (χ2n) is 5.01. The number of ether oxygens (including phenoxy) is 1. The molecule has 110 valence electrons. The summed E-state index contributed by atoms with van der Waals surface area (Å²) in [6, 6.07) is 3.17. The maximum atomic E-state index is 11.8. The van der Waals surface area contributed by atoms with Crippen molar-refractivity contribution in [1.82, 2.24) is 15.1 Å². The van der Waals surface area contributed by atoms with Crippen molar-refractivity contribution in [3.05, 3.63) is 22.5 Å². The highest BCUT2D eigenvalue weighted by molar-refractivity contribution is 5.75.